The maximum absolute atomic E-state index is 12.3. The molecule has 2 aromatic rings. The molecule has 5 nitrogen and oxygen atoms in total. The zero-order valence-corrected chi connectivity index (χ0v) is 12.6. The summed E-state index contributed by atoms with van der Waals surface area (Å²) in [4.78, 5) is 12.3. The van der Waals surface area contributed by atoms with Gasteiger partial charge in [0.1, 0.15) is 5.69 Å². The van der Waals surface area contributed by atoms with Crippen LogP contribution in [0.4, 0.5) is 11.4 Å². The summed E-state index contributed by atoms with van der Waals surface area (Å²) in [6.07, 6.45) is 0.661. The Morgan fingerprint density at radius 2 is 2.15 bits per heavy atom. The number of anilines is 2. The van der Waals surface area contributed by atoms with Crippen molar-refractivity contribution in [2.45, 2.75) is 13.3 Å². The van der Waals surface area contributed by atoms with Gasteiger partial charge in [-0.15, -0.1) is 0 Å². The van der Waals surface area contributed by atoms with Gasteiger partial charge in [0.25, 0.3) is 5.91 Å². The van der Waals surface area contributed by atoms with Crippen LogP contribution in [-0.2, 0) is 13.5 Å². The number of amides is 1. The smallest absolute Gasteiger partial charge is 0.276 e. The van der Waals surface area contributed by atoms with Crippen LogP contribution in [0.1, 0.15) is 23.1 Å². The van der Waals surface area contributed by atoms with Crippen molar-refractivity contribution in [1.29, 1.82) is 0 Å². The number of nitrogen functional groups attached to an aromatic ring is 1. The van der Waals surface area contributed by atoms with E-state index < -0.39 is 0 Å². The Hall–Kier alpha value is -1.72. The topological polar surface area (TPSA) is 72.9 Å². The lowest BCUT2D eigenvalue weighted by molar-refractivity contribution is 0.101. The molecule has 0 aliphatic carbocycles. The molecule has 0 unspecified atom stereocenters. The first-order valence-electron chi connectivity index (χ1n) is 6.01. The van der Waals surface area contributed by atoms with Crippen molar-refractivity contribution >= 4 is 40.5 Å². The molecular formula is C13H14Cl2N4O. The molecule has 0 fully saturated rings. The summed E-state index contributed by atoms with van der Waals surface area (Å²) in [5.74, 6) is -0.360. The van der Waals surface area contributed by atoms with Crippen LogP contribution in [-0.4, -0.2) is 15.7 Å². The van der Waals surface area contributed by atoms with Gasteiger partial charge in [0.15, 0.2) is 0 Å². The number of carbonyl (C=O) groups excluding carboxylic acids is 1. The second-order valence-corrected chi connectivity index (χ2v) is 5.11. The molecule has 106 valence electrons. The molecule has 20 heavy (non-hydrogen) atoms. The predicted molar refractivity (Wildman–Crippen MR) is 81.4 cm³/mol. The fraction of sp³-hybridized carbons (Fsp3) is 0.231. The van der Waals surface area contributed by atoms with Gasteiger partial charge in [-0.2, -0.15) is 5.10 Å². The number of hydrogen-bond acceptors (Lipinski definition) is 3. The largest absolute Gasteiger partial charge is 0.395 e. The molecule has 7 heteroatoms. The second-order valence-electron chi connectivity index (χ2n) is 4.26. The Morgan fingerprint density at radius 1 is 1.45 bits per heavy atom. The zero-order chi connectivity index (χ0) is 14.9. The fourth-order valence-electron chi connectivity index (χ4n) is 1.90. The number of benzene rings is 1. The third kappa shape index (κ3) is 2.73. The minimum atomic E-state index is -0.360. The Bertz CT molecular complexity index is 667. The number of nitrogens with two attached hydrogens (primary N) is 1. The Kier molecular flexibility index (Phi) is 4.20. The van der Waals surface area contributed by atoms with Gasteiger partial charge in [-0.25, -0.2) is 0 Å². The summed E-state index contributed by atoms with van der Waals surface area (Å²) in [7, 11) is 1.67. The quantitative estimate of drug-likeness (QED) is 0.914. The van der Waals surface area contributed by atoms with Crippen LogP contribution in [0.2, 0.25) is 10.0 Å². The molecule has 0 atom stereocenters. The standard InChI is InChI=1S/C13H14Cl2N4O/c1-3-9-11(16)12(19(2)18-9)13(20)17-10-5-4-7(14)6-8(10)15/h4-6H,3,16H2,1-2H3,(H,17,20). The number of aromatic nitrogens is 2. The normalized spacial score (nSPS) is 10.6. The Morgan fingerprint density at radius 3 is 2.70 bits per heavy atom. The first-order valence-corrected chi connectivity index (χ1v) is 6.77. The molecule has 0 spiro atoms. The molecule has 0 bridgehead atoms. The van der Waals surface area contributed by atoms with Crippen LogP contribution in [0.25, 0.3) is 0 Å². The molecule has 1 aromatic carbocycles. The molecule has 0 saturated carbocycles. The van der Waals surface area contributed by atoms with Crippen LogP contribution in [0.15, 0.2) is 18.2 Å². The highest BCUT2D eigenvalue weighted by Crippen LogP contribution is 2.26. The molecule has 0 aliphatic rings. The lowest BCUT2D eigenvalue weighted by Gasteiger charge is -2.08. The number of rotatable bonds is 3. The number of nitrogens with zero attached hydrogens (tertiary/aromatic N) is 2. The van der Waals surface area contributed by atoms with Crippen LogP contribution in [0, 0.1) is 0 Å². The molecule has 0 radical (unpaired) electrons. The highest BCUT2D eigenvalue weighted by Gasteiger charge is 2.19. The van der Waals surface area contributed by atoms with Gasteiger partial charge in [-0.05, 0) is 24.6 Å². The van der Waals surface area contributed by atoms with Gasteiger partial charge >= 0.3 is 0 Å². The minimum Gasteiger partial charge on any atom is -0.395 e. The molecule has 2 rings (SSSR count). The second kappa shape index (κ2) is 5.73. The highest BCUT2D eigenvalue weighted by molar-refractivity contribution is 6.36. The van der Waals surface area contributed by atoms with Crippen LogP contribution >= 0.6 is 23.2 Å². The number of halogens is 2. The summed E-state index contributed by atoms with van der Waals surface area (Å²) >= 11 is 11.8. The van der Waals surface area contributed by atoms with E-state index in [9.17, 15) is 4.79 Å². The van der Waals surface area contributed by atoms with E-state index in [4.69, 9.17) is 28.9 Å². The summed E-state index contributed by atoms with van der Waals surface area (Å²) in [6.45, 7) is 1.93. The molecule has 1 heterocycles. The average molecular weight is 313 g/mol. The lowest BCUT2D eigenvalue weighted by Crippen LogP contribution is -2.17. The van der Waals surface area contributed by atoms with Crippen LogP contribution in [0.3, 0.4) is 0 Å². The van der Waals surface area contributed by atoms with Crippen molar-refractivity contribution in [3.63, 3.8) is 0 Å². The molecule has 3 N–H and O–H groups in total. The zero-order valence-electron chi connectivity index (χ0n) is 11.1. The van der Waals surface area contributed by atoms with E-state index in [2.05, 4.69) is 10.4 Å². The van der Waals surface area contributed by atoms with Gasteiger partial charge in [0.2, 0.25) is 0 Å². The molecule has 0 aliphatic heterocycles. The fourth-order valence-corrected chi connectivity index (χ4v) is 2.35. The Balaban J connectivity index is 2.31. The van der Waals surface area contributed by atoms with Gasteiger partial charge in [0.05, 0.1) is 22.1 Å². The van der Waals surface area contributed by atoms with E-state index in [0.29, 0.717) is 39.2 Å². The maximum Gasteiger partial charge on any atom is 0.276 e. The van der Waals surface area contributed by atoms with Crippen molar-refractivity contribution in [1.82, 2.24) is 9.78 Å². The number of nitrogens with one attached hydrogen (secondary N) is 1. The van der Waals surface area contributed by atoms with Crippen molar-refractivity contribution in [3.8, 4) is 0 Å². The van der Waals surface area contributed by atoms with Crippen LogP contribution in [0.5, 0.6) is 0 Å². The monoisotopic (exact) mass is 312 g/mol. The van der Waals surface area contributed by atoms with E-state index in [-0.39, 0.29) is 5.91 Å². The first-order chi connectivity index (χ1) is 9.43. The van der Waals surface area contributed by atoms with Gasteiger partial charge in [-0.1, -0.05) is 30.1 Å². The maximum atomic E-state index is 12.3. The molecule has 0 saturated heterocycles. The SMILES string of the molecule is CCc1nn(C)c(C(=O)Nc2ccc(Cl)cc2Cl)c1N. The van der Waals surface area contributed by atoms with Crippen molar-refractivity contribution in [2.75, 3.05) is 11.1 Å². The molecular weight excluding hydrogens is 299 g/mol. The van der Waals surface area contributed by atoms with E-state index >= 15 is 0 Å². The number of hydrogen-bond donors (Lipinski definition) is 2. The van der Waals surface area contributed by atoms with Crippen molar-refractivity contribution < 1.29 is 4.79 Å². The van der Waals surface area contributed by atoms with Gasteiger partial charge in [0, 0.05) is 12.1 Å². The van der Waals surface area contributed by atoms with Crippen LogP contribution < -0.4 is 11.1 Å². The average Bonchev–Trinajstić information content (AvgIpc) is 2.67. The van der Waals surface area contributed by atoms with E-state index in [1.807, 2.05) is 6.92 Å². The molecule has 1 amide bonds. The van der Waals surface area contributed by atoms with Crippen molar-refractivity contribution in [2.24, 2.45) is 7.05 Å². The molecule has 1 aromatic heterocycles. The number of carbonyl (C=O) groups is 1. The number of aryl methyl sites for hydroxylation is 2. The van der Waals surface area contributed by atoms with Gasteiger partial charge in [-0.3, -0.25) is 9.48 Å². The third-order valence-electron chi connectivity index (χ3n) is 2.89. The summed E-state index contributed by atoms with van der Waals surface area (Å²) in [6, 6.07) is 4.84. The minimum absolute atomic E-state index is 0.313. The first kappa shape index (κ1) is 14.7. The van der Waals surface area contributed by atoms with Gasteiger partial charge < -0.3 is 11.1 Å². The van der Waals surface area contributed by atoms with E-state index in [1.54, 1.807) is 25.2 Å². The summed E-state index contributed by atoms with van der Waals surface area (Å²) in [5, 5.41) is 7.77. The lowest BCUT2D eigenvalue weighted by atomic mass is 10.2. The van der Waals surface area contributed by atoms with E-state index in [0.717, 1.165) is 0 Å². The predicted octanol–water partition coefficient (Wildman–Crippen LogP) is 3.12. The van der Waals surface area contributed by atoms with Crippen molar-refractivity contribution in [3.05, 3.63) is 39.6 Å². The summed E-state index contributed by atoms with van der Waals surface area (Å²) in [5.41, 5.74) is 7.80. The Labute approximate surface area is 126 Å². The highest BCUT2D eigenvalue weighted by atomic mass is 35.5. The third-order valence-corrected chi connectivity index (χ3v) is 3.44. The summed E-state index contributed by atoms with van der Waals surface area (Å²) < 4.78 is 1.47. The van der Waals surface area contributed by atoms with E-state index in [1.165, 1.54) is 4.68 Å².